The monoisotopic (exact) mass is 314 g/mol. The molecule has 0 aliphatic heterocycles. The zero-order chi connectivity index (χ0) is 17.1. The molecule has 1 aromatic heterocycles. The summed E-state index contributed by atoms with van der Waals surface area (Å²) in [5.74, 6) is -0.346. The Morgan fingerprint density at radius 1 is 1.35 bits per heavy atom. The van der Waals surface area contributed by atoms with Crippen molar-refractivity contribution in [3.8, 4) is 0 Å². The van der Waals surface area contributed by atoms with E-state index >= 15 is 0 Å². The first-order valence-electron chi connectivity index (χ1n) is 7.71. The molecule has 0 N–H and O–H groups in total. The van der Waals surface area contributed by atoms with E-state index in [0.717, 1.165) is 22.2 Å². The van der Waals surface area contributed by atoms with Gasteiger partial charge < -0.3 is 4.74 Å². The molecule has 0 aliphatic rings. The quantitative estimate of drug-likeness (QED) is 0.796. The van der Waals surface area contributed by atoms with Crippen molar-refractivity contribution in [1.82, 2.24) is 9.78 Å². The highest BCUT2D eigenvalue weighted by molar-refractivity contribution is 5.87. The zero-order valence-corrected chi connectivity index (χ0v) is 14.0. The Balaban J connectivity index is 2.67. The van der Waals surface area contributed by atoms with Gasteiger partial charge in [-0.05, 0) is 37.5 Å². The molecule has 0 spiro atoms. The van der Waals surface area contributed by atoms with E-state index in [1.807, 2.05) is 32.9 Å². The number of nitrogens with zero attached hydrogens (tertiary/aromatic N) is 2. The largest absolute Gasteiger partial charge is 0.465 e. The maximum atomic E-state index is 12.6. The van der Waals surface area contributed by atoms with Gasteiger partial charge in [-0.2, -0.15) is 5.10 Å². The van der Waals surface area contributed by atoms with Crippen molar-refractivity contribution in [1.29, 1.82) is 0 Å². The molecule has 0 saturated carbocycles. The van der Waals surface area contributed by atoms with Crippen molar-refractivity contribution in [3.63, 3.8) is 0 Å². The molecule has 0 unspecified atom stereocenters. The third-order valence-corrected chi connectivity index (χ3v) is 3.61. The van der Waals surface area contributed by atoms with Crippen LogP contribution in [0.1, 0.15) is 44.9 Å². The van der Waals surface area contributed by atoms with Crippen LogP contribution in [-0.4, -0.2) is 22.4 Å². The number of fused-ring (bicyclic) bond motifs is 1. The third-order valence-electron chi connectivity index (χ3n) is 3.61. The first-order valence-corrected chi connectivity index (χ1v) is 7.71. The van der Waals surface area contributed by atoms with Crippen LogP contribution in [0.5, 0.6) is 0 Å². The molecule has 5 heteroatoms. The highest BCUT2D eigenvalue weighted by Gasteiger charge is 2.16. The minimum absolute atomic E-state index is 0.118. The summed E-state index contributed by atoms with van der Waals surface area (Å²) in [7, 11) is 0. The van der Waals surface area contributed by atoms with Gasteiger partial charge in [0.15, 0.2) is 0 Å². The van der Waals surface area contributed by atoms with Gasteiger partial charge in [0.2, 0.25) is 0 Å². The number of esters is 1. The molecule has 0 atom stereocenters. The van der Waals surface area contributed by atoms with E-state index in [9.17, 15) is 9.59 Å². The van der Waals surface area contributed by atoms with Crippen molar-refractivity contribution in [2.45, 2.75) is 40.2 Å². The van der Waals surface area contributed by atoms with Gasteiger partial charge in [0.05, 0.1) is 17.7 Å². The fraction of sp³-hybridized carbons (Fsp3) is 0.389. The molecular formula is C18H22N2O3. The Hall–Kier alpha value is -2.43. The summed E-state index contributed by atoms with van der Waals surface area (Å²) in [5, 5.41) is 5.76. The van der Waals surface area contributed by atoms with Crippen LogP contribution in [0.4, 0.5) is 0 Å². The van der Waals surface area contributed by atoms with Crippen LogP contribution in [0.2, 0.25) is 0 Å². The summed E-state index contributed by atoms with van der Waals surface area (Å²) in [6.45, 7) is 11.7. The van der Waals surface area contributed by atoms with E-state index in [1.165, 1.54) is 4.68 Å². The SMILES string of the molecule is C=C(C)c1ccc2c(=O)n(CC(=O)OCC)nc(C(C)C)c2c1. The van der Waals surface area contributed by atoms with Crippen LogP contribution in [0, 0.1) is 0 Å². The van der Waals surface area contributed by atoms with Gasteiger partial charge in [0.25, 0.3) is 5.56 Å². The van der Waals surface area contributed by atoms with E-state index in [2.05, 4.69) is 11.7 Å². The Kier molecular flexibility index (Phi) is 4.98. The lowest BCUT2D eigenvalue weighted by Gasteiger charge is -2.14. The predicted octanol–water partition coefficient (Wildman–Crippen LogP) is 3.12. The number of benzene rings is 1. The molecule has 23 heavy (non-hydrogen) atoms. The normalized spacial score (nSPS) is 11.0. The average molecular weight is 314 g/mol. The number of ether oxygens (including phenoxy) is 1. The molecule has 5 nitrogen and oxygen atoms in total. The smallest absolute Gasteiger partial charge is 0.327 e. The van der Waals surface area contributed by atoms with Crippen molar-refractivity contribution in [2.24, 2.45) is 0 Å². The van der Waals surface area contributed by atoms with Gasteiger partial charge in [0, 0.05) is 5.39 Å². The van der Waals surface area contributed by atoms with Crippen LogP contribution < -0.4 is 5.56 Å². The summed E-state index contributed by atoms with van der Waals surface area (Å²) in [5.41, 5.74) is 2.40. The van der Waals surface area contributed by atoms with Crippen LogP contribution in [0.3, 0.4) is 0 Å². The molecule has 0 amide bonds. The van der Waals surface area contributed by atoms with Crippen LogP contribution in [-0.2, 0) is 16.1 Å². The highest BCUT2D eigenvalue weighted by atomic mass is 16.5. The molecule has 0 fully saturated rings. The number of carbonyl (C=O) groups excluding carboxylic acids is 1. The minimum atomic E-state index is -0.463. The number of allylic oxidation sites excluding steroid dienone is 1. The summed E-state index contributed by atoms with van der Waals surface area (Å²) in [4.78, 5) is 24.3. The first-order chi connectivity index (χ1) is 10.8. The number of carbonyl (C=O) groups is 1. The fourth-order valence-electron chi connectivity index (χ4n) is 2.44. The number of hydrogen-bond acceptors (Lipinski definition) is 4. The van der Waals surface area contributed by atoms with Gasteiger partial charge in [-0.3, -0.25) is 9.59 Å². The lowest BCUT2D eigenvalue weighted by Crippen LogP contribution is -2.29. The second-order valence-corrected chi connectivity index (χ2v) is 5.85. The minimum Gasteiger partial charge on any atom is -0.465 e. The van der Waals surface area contributed by atoms with Crippen molar-refractivity contribution in [2.75, 3.05) is 6.61 Å². The Morgan fingerprint density at radius 3 is 2.61 bits per heavy atom. The summed E-state index contributed by atoms with van der Waals surface area (Å²) in [6, 6.07) is 5.58. The fourth-order valence-corrected chi connectivity index (χ4v) is 2.44. The van der Waals surface area contributed by atoms with Crippen LogP contribution >= 0.6 is 0 Å². The maximum absolute atomic E-state index is 12.6. The van der Waals surface area contributed by atoms with Gasteiger partial charge >= 0.3 is 5.97 Å². The molecule has 1 aromatic carbocycles. The molecule has 0 bridgehead atoms. The molecule has 0 saturated heterocycles. The number of aromatic nitrogens is 2. The second-order valence-electron chi connectivity index (χ2n) is 5.85. The Labute approximate surface area is 135 Å². The van der Waals surface area contributed by atoms with Gasteiger partial charge in [-0.15, -0.1) is 0 Å². The van der Waals surface area contributed by atoms with Crippen LogP contribution in [0.15, 0.2) is 29.6 Å². The molecule has 0 aliphatic carbocycles. The maximum Gasteiger partial charge on any atom is 0.327 e. The van der Waals surface area contributed by atoms with E-state index in [1.54, 1.807) is 13.0 Å². The topological polar surface area (TPSA) is 61.2 Å². The summed E-state index contributed by atoms with van der Waals surface area (Å²) >= 11 is 0. The van der Waals surface area contributed by atoms with E-state index < -0.39 is 5.97 Å². The predicted molar refractivity (Wildman–Crippen MR) is 91.4 cm³/mol. The molecule has 2 rings (SSSR count). The van der Waals surface area contributed by atoms with E-state index in [0.29, 0.717) is 5.39 Å². The van der Waals surface area contributed by atoms with Crippen molar-refractivity contribution < 1.29 is 9.53 Å². The summed E-state index contributed by atoms with van der Waals surface area (Å²) < 4.78 is 6.10. The van der Waals surface area contributed by atoms with Crippen molar-refractivity contribution in [3.05, 3.63) is 46.4 Å². The van der Waals surface area contributed by atoms with Crippen molar-refractivity contribution >= 4 is 22.3 Å². The van der Waals surface area contributed by atoms with Gasteiger partial charge in [0.1, 0.15) is 6.54 Å². The summed E-state index contributed by atoms with van der Waals surface area (Å²) in [6.07, 6.45) is 0. The highest BCUT2D eigenvalue weighted by Crippen LogP contribution is 2.24. The lowest BCUT2D eigenvalue weighted by atomic mass is 9.99. The molecule has 0 radical (unpaired) electrons. The van der Waals surface area contributed by atoms with Gasteiger partial charge in [-0.1, -0.05) is 32.1 Å². The molecular weight excluding hydrogens is 292 g/mol. The molecule has 2 aromatic rings. The molecule has 1 heterocycles. The second kappa shape index (κ2) is 6.77. The first kappa shape index (κ1) is 16.9. The number of rotatable bonds is 5. The number of hydrogen-bond donors (Lipinski definition) is 0. The Morgan fingerprint density at radius 2 is 2.04 bits per heavy atom. The Bertz CT molecular complexity index is 819. The van der Waals surface area contributed by atoms with Gasteiger partial charge in [-0.25, -0.2) is 4.68 Å². The van der Waals surface area contributed by atoms with Crippen LogP contribution in [0.25, 0.3) is 16.3 Å². The third kappa shape index (κ3) is 3.50. The average Bonchev–Trinajstić information content (AvgIpc) is 2.49. The van der Waals surface area contributed by atoms with E-state index in [-0.39, 0.29) is 24.6 Å². The lowest BCUT2D eigenvalue weighted by molar-refractivity contribution is -0.144. The van der Waals surface area contributed by atoms with E-state index in [4.69, 9.17) is 4.74 Å². The zero-order valence-electron chi connectivity index (χ0n) is 14.0. The molecule has 122 valence electrons. The standard InChI is InChI=1S/C18H22N2O3/c1-6-23-16(21)10-20-18(22)14-8-7-13(11(2)3)9-15(14)17(19-20)12(4)5/h7-9,12H,2,6,10H2,1,3-5H3.